The molecule has 0 saturated heterocycles. The Hall–Kier alpha value is -3.58. The van der Waals surface area contributed by atoms with E-state index in [1.807, 2.05) is 0 Å². The first kappa shape index (κ1) is 26.0. The second kappa shape index (κ2) is 10.8. The van der Waals surface area contributed by atoms with Crippen LogP contribution in [-0.2, 0) is 17.8 Å². The van der Waals surface area contributed by atoms with E-state index >= 15 is 0 Å². The molecular weight excluding hydrogens is 467 g/mol. The largest absolute Gasteiger partial charge is 0.394 e. The summed E-state index contributed by atoms with van der Waals surface area (Å²) in [6.45, 7) is 1.75. The fourth-order valence-electron chi connectivity index (χ4n) is 3.44. The average molecular weight is 493 g/mol. The van der Waals surface area contributed by atoms with Crippen molar-refractivity contribution in [3.63, 3.8) is 0 Å². The second-order valence-electron chi connectivity index (χ2n) is 8.17. The zero-order chi connectivity index (χ0) is 25.8. The molecule has 0 spiro atoms. The van der Waals surface area contributed by atoms with Crippen molar-refractivity contribution in [3.05, 3.63) is 53.0 Å². The number of halogens is 3. The zero-order valence-electron chi connectivity index (χ0n) is 19.0. The maximum absolute atomic E-state index is 12.8. The van der Waals surface area contributed by atoms with Gasteiger partial charge in [-0.1, -0.05) is 6.07 Å². The van der Waals surface area contributed by atoms with Gasteiger partial charge in [0, 0.05) is 25.7 Å². The summed E-state index contributed by atoms with van der Waals surface area (Å²) >= 11 is 0. The number of anilines is 1. The van der Waals surface area contributed by atoms with Crippen molar-refractivity contribution >= 4 is 23.5 Å². The van der Waals surface area contributed by atoms with Gasteiger partial charge in [-0.3, -0.25) is 25.0 Å². The predicted octanol–water partition coefficient (Wildman–Crippen LogP) is 1.84. The summed E-state index contributed by atoms with van der Waals surface area (Å²) in [6, 6.07) is 5.62. The monoisotopic (exact) mass is 493 g/mol. The smallest absolute Gasteiger partial charge is 0.389 e. The van der Waals surface area contributed by atoms with Crippen LogP contribution in [0.1, 0.15) is 47.1 Å². The topological polar surface area (TPSA) is 149 Å². The van der Waals surface area contributed by atoms with Gasteiger partial charge in [0.2, 0.25) is 5.91 Å². The highest BCUT2D eigenvalue weighted by Crippen LogP contribution is 2.24. The number of carbonyl (C=O) groups is 2. The van der Waals surface area contributed by atoms with Crippen LogP contribution in [-0.4, -0.2) is 68.0 Å². The van der Waals surface area contributed by atoms with Crippen LogP contribution in [0.4, 0.5) is 19.0 Å². The predicted molar refractivity (Wildman–Crippen MR) is 120 cm³/mol. The number of aliphatic hydroxyl groups excluding tert-OH is 1. The molecule has 0 bridgehead atoms. The quantitative estimate of drug-likeness (QED) is 0.199. The molecular formula is C22H26F3N7O3. The number of hydrogen-bond donors (Lipinski definition) is 4. The van der Waals surface area contributed by atoms with Crippen molar-refractivity contribution < 1.29 is 27.9 Å². The molecule has 0 saturated carbocycles. The molecule has 5 N–H and O–H groups in total. The maximum atomic E-state index is 12.8. The summed E-state index contributed by atoms with van der Waals surface area (Å²) < 4.78 is 37.3. The Kier molecular flexibility index (Phi) is 8.02. The summed E-state index contributed by atoms with van der Waals surface area (Å²) in [5.41, 5.74) is 1.68. The number of rotatable bonds is 7. The number of carbonyl (C=O) groups excluding carboxylic acids is 2. The lowest BCUT2D eigenvalue weighted by Gasteiger charge is -2.29. The third kappa shape index (κ3) is 6.73. The highest BCUT2D eigenvalue weighted by molar-refractivity contribution is 6.03. The van der Waals surface area contributed by atoms with Crippen molar-refractivity contribution in [1.29, 1.82) is 5.41 Å². The summed E-state index contributed by atoms with van der Waals surface area (Å²) in [6.07, 6.45) is -4.25. The lowest BCUT2D eigenvalue weighted by atomic mass is 10.0. The number of aliphatic hydroxyl groups is 1. The molecule has 2 aromatic heterocycles. The number of nitrogens with zero attached hydrogens (tertiary/aromatic N) is 4. The van der Waals surface area contributed by atoms with Crippen LogP contribution in [0.5, 0.6) is 0 Å². The molecule has 1 unspecified atom stereocenters. The normalized spacial score (nSPS) is 14.2. The van der Waals surface area contributed by atoms with Crippen molar-refractivity contribution in [2.75, 3.05) is 18.5 Å². The van der Waals surface area contributed by atoms with E-state index in [2.05, 4.69) is 15.3 Å². The Morgan fingerprint density at radius 1 is 1.31 bits per heavy atom. The third-order valence-electron chi connectivity index (χ3n) is 5.53. The summed E-state index contributed by atoms with van der Waals surface area (Å²) in [4.78, 5) is 34.7. The molecule has 188 valence electrons. The maximum Gasteiger partial charge on any atom is 0.389 e. The zero-order valence-corrected chi connectivity index (χ0v) is 19.0. The van der Waals surface area contributed by atoms with Gasteiger partial charge in [0.1, 0.15) is 17.2 Å². The van der Waals surface area contributed by atoms with Gasteiger partial charge in [-0.25, -0.2) is 10.8 Å². The minimum atomic E-state index is -4.40. The molecule has 1 aliphatic heterocycles. The van der Waals surface area contributed by atoms with E-state index in [0.29, 0.717) is 12.0 Å². The molecule has 2 aromatic rings. The highest BCUT2D eigenvalue weighted by atomic mass is 19.4. The fourth-order valence-corrected chi connectivity index (χ4v) is 3.44. The minimum Gasteiger partial charge on any atom is -0.394 e. The Balaban J connectivity index is 1.69. The van der Waals surface area contributed by atoms with E-state index in [-0.39, 0.29) is 42.7 Å². The van der Waals surface area contributed by atoms with Gasteiger partial charge in [0.05, 0.1) is 19.1 Å². The molecule has 3 rings (SSSR count). The summed E-state index contributed by atoms with van der Waals surface area (Å²) in [5.74, 6) is 4.63. The number of nitrogens with one attached hydrogen (secondary N) is 2. The molecule has 13 heteroatoms. The summed E-state index contributed by atoms with van der Waals surface area (Å²) in [7, 11) is 0. The van der Waals surface area contributed by atoms with E-state index in [0.717, 1.165) is 10.6 Å². The lowest BCUT2D eigenvalue weighted by Crippen LogP contribution is -2.46. The molecule has 0 aromatic carbocycles. The van der Waals surface area contributed by atoms with Gasteiger partial charge >= 0.3 is 6.18 Å². The Morgan fingerprint density at radius 3 is 2.74 bits per heavy atom. The van der Waals surface area contributed by atoms with Crippen LogP contribution in [0, 0.1) is 5.41 Å². The number of amides is 2. The fraction of sp³-hybridized carbons (Fsp3) is 0.409. The third-order valence-corrected chi connectivity index (χ3v) is 5.53. The molecule has 10 nitrogen and oxygen atoms in total. The molecule has 0 aliphatic carbocycles. The molecule has 0 radical (unpaired) electrons. The van der Waals surface area contributed by atoms with E-state index in [1.165, 1.54) is 29.3 Å². The number of alkyl halides is 3. The van der Waals surface area contributed by atoms with Gasteiger partial charge in [0.25, 0.3) is 5.91 Å². The SMILES string of the molecule is CC(CO)N(N)C(=N)c1cccc(NC(=O)c2cc3c(cn2)CCN(C(=O)CCC(F)(F)F)C3)n1. The Bertz CT molecular complexity index is 1110. The van der Waals surface area contributed by atoms with Crippen LogP contribution in [0.15, 0.2) is 30.5 Å². The van der Waals surface area contributed by atoms with Crippen LogP contribution in [0.25, 0.3) is 0 Å². The first-order valence-corrected chi connectivity index (χ1v) is 10.8. The molecule has 0 fully saturated rings. The van der Waals surface area contributed by atoms with E-state index < -0.39 is 36.9 Å². The van der Waals surface area contributed by atoms with Gasteiger partial charge in [-0.15, -0.1) is 0 Å². The summed E-state index contributed by atoms with van der Waals surface area (Å²) in [5, 5.41) is 21.0. The van der Waals surface area contributed by atoms with Crippen molar-refractivity contribution in [3.8, 4) is 0 Å². The number of nitrogens with two attached hydrogens (primary N) is 1. The van der Waals surface area contributed by atoms with Gasteiger partial charge in [-0.2, -0.15) is 13.2 Å². The van der Waals surface area contributed by atoms with E-state index in [1.54, 1.807) is 13.0 Å². The number of pyridine rings is 2. The van der Waals surface area contributed by atoms with Gasteiger partial charge in [-0.05, 0) is 42.7 Å². The van der Waals surface area contributed by atoms with Crippen LogP contribution in [0.2, 0.25) is 0 Å². The van der Waals surface area contributed by atoms with Crippen LogP contribution in [0.3, 0.4) is 0 Å². The van der Waals surface area contributed by atoms with Crippen LogP contribution >= 0.6 is 0 Å². The lowest BCUT2D eigenvalue weighted by molar-refractivity contribution is -0.149. The minimum absolute atomic E-state index is 0.0463. The number of hydrogen-bond acceptors (Lipinski definition) is 7. The number of hydrazine groups is 1. The number of aromatic nitrogens is 2. The second-order valence-corrected chi connectivity index (χ2v) is 8.17. The first-order valence-electron chi connectivity index (χ1n) is 10.8. The van der Waals surface area contributed by atoms with Crippen LogP contribution < -0.4 is 11.2 Å². The standard InChI is InChI=1S/C22H26F3N7O3/c1-13(12-33)32(27)20(26)16-3-2-4-18(29-16)30-21(35)17-9-15-11-31(8-6-14(15)10-28-17)19(34)5-7-22(23,24)25/h2-4,9-10,13,26,33H,5-8,11-12,27H2,1H3,(H,29,30,35). The molecule has 2 amide bonds. The molecule has 1 atom stereocenters. The highest BCUT2D eigenvalue weighted by Gasteiger charge is 2.30. The van der Waals surface area contributed by atoms with Gasteiger partial charge < -0.3 is 15.3 Å². The molecule has 1 aliphatic rings. The molecule has 35 heavy (non-hydrogen) atoms. The van der Waals surface area contributed by atoms with E-state index in [4.69, 9.17) is 11.3 Å². The van der Waals surface area contributed by atoms with Gasteiger partial charge in [0.15, 0.2) is 5.84 Å². The number of fused-ring (bicyclic) bond motifs is 1. The Morgan fingerprint density at radius 2 is 2.06 bits per heavy atom. The Labute approximate surface area is 199 Å². The van der Waals surface area contributed by atoms with Crippen molar-refractivity contribution in [1.82, 2.24) is 19.9 Å². The first-order chi connectivity index (χ1) is 16.5. The molecule has 3 heterocycles. The van der Waals surface area contributed by atoms with Crippen molar-refractivity contribution in [2.45, 2.75) is 44.9 Å². The number of amidine groups is 1. The average Bonchev–Trinajstić information content (AvgIpc) is 2.84. The van der Waals surface area contributed by atoms with E-state index in [9.17, 15) is 27.9 Å². The van der Waals surface area contributed by atoms with Crippen molar-refractivity contribution in [2.24, 2.45) is 5.84 Å².